The molecule has 0 saturated heterocycles. The molecule has 2 unspecified atom stereocenters. The number of Topliss-reactive ketones (excluding diaryl/α,β-unsaturated/α-hetero) is 1. The van der Waals surface area contributed by atoms with E-state index in [0.29, 0.717) is 0 Å². The second kappa shape index (κ2) is 20.0. The van der Waals surface area contributed by atoms with Gasteiger partial charge >= 0.3 is 0 Å². The van der Waals surface area contributed by atoms with Crippen molar-refractivity contribution >= 4 is 71.9 Å². The van der Waals surface area contributed by atoms with Crippen molar-refractivity contribution in [2.75, 3.05) is 0 Å². The van der Waals surface area contributed by atoms with Crippen molar-refractivity contribution < 1.29 is 23.0 Å². The lowest BCUT2D eigenvalue weighted by molar-refractivity contribution is -0.141. The van der Waals surface area contributed by atoms with Crippen LogP contribution in [0.4, 0.5) is 0 Å². The first-order valence-electron chi connectivity index (χ1n) is 20.0. The second-order valence-corrected chi connectivity index (χ2v) is 32.3. The molecule has 1 aromatic rings. The summed E-state index contributed by atoms with van der Waals surface area (Å²) in [5, 5.41) is 2.62. The summed E-state index contributed by atoms with van der Waals surface area (Å²) in [5.41, 5.74) is 2.14. The largest absolute Gasteiger partial charge is 0.413 e. The third-order valence-corrected chi connectivity index (χ3v) is 23.9. The van der Waals surface area contributed by atoms with E-state index in [-0.39, 0.29) is 45.5 Å². The lowest BCUT2D eigenvalue weighted by atomic mass is 9.73. The minimum atomic E-state index is -3.55. The molecule has 1 radical (unpaired) electrons. The van der Waals surface area contributed by atoms with Gasteiger partial charge in [0.2, 0.25) is 0 Å². The van der Waals surface area contributed by atoms with E-state index in [1.807, 2.05) is 46.1 Å². The van der Waals surface area contributed by atoms with E-state index in [4.69, 9.17) is 11.5 Å². The van der Waals surface area contributed by atoms with Gasteiger partial charge in [-0.2, -0.15) is 0 Å². The molecule has 0 amide bonds. The van der Waals surface area contributed by atoms with Crippen LogP contribution in [0.25, 0.3) is 6.08 Å². The molecule has 0 aliphatic heterocycles. The smallest absolute Gasteiger partial charge is 0.192 e. The molecule has 1 aromatic heterocycles. The van der Waals surface area contributed by atoms with Gasteiger partial charge in [0, 0.05) is 28.4 Å². The molecule has 1 heterocycles. The number of carbonyl (C=O) groups is 2. The van der Waals surface area contributed by atoms with Crippen LogP contribution in [0.1, 0.15) is 126 Å². The summed E-state index contributed by atoms with van der Waals surface area (Å²) in [6.45, 7) is 34.7. The van der Waals surface area contributed by atoms with Crippen molar-refractivity contribution in [1.82, 2.24) is 4.98 Å². The van der Waals surface area contributed by atoms with Gasteiger partial charge in [-0.1, -0.05) is 93.4 Å². The zero-order valence-electron chi connectivity index (χ0n) is 37.9. The molecule has 0 aliphatic carbocycles. The Labute approximate surface area is 333 Å². The normalized spacial score (nSPS) is 19.4. The number of carbonyl (C=O) groups excluding carboxylic acids is 2. The van der Waals surface area contributed by atoms with Gasteiger partial charge in [0.25, 0.3) is 0 Å². The van der Waals surface area contributed by atoms with Gasteiger partial charge in [-0.05, 0) is 95.5 Å². The maximum atomic E-state index is 14.6. The number of aromatic nitrogens is 1. The van der Waals surface area contributed by atoms with Crippen molar-refractivity contribution in [2.45, 2.75) is 176 Å². The zero-order chi connectivity index (χ0) is 42.3. The number of aldehydes is 1. The zero-order valence-corrected chi connectivity index (χ0v) is 40.5. The highest BCUT2D eigenvalue weighted by Gasteiger charge is 2.49. The van der Waals surface area contributed by atoms with Gasteiger partial charge < -0.3 is 18.2 Å². The van der Waals surface area contributed by atoms with Crippen LogP contribution in [0.3, 0.4) is 0 Å². The number of ketones is 1. The monoisotopic (exact) mass is 813 g/mol. The van der Waals surface area contributed by atoms with Gasteiger partial charge in [-0.15, -0.1) is 22.7 Å². The first kappa shape index (κ1) is 45.8. The van der Waals surface area contributed by atoms with E-state index in [2.05, 4.69) is 99.6 Å². The summed E-state index contributed by atoms with van der Waals surface area (Å²) in [5.74, 6) is -0.252. The molecule has 6 nitrogen and oxygen atoms in total. The number of rotatable bonds is 22. The Hall–Kier alpha value is -0.551. The van der Waals surface area contributed by atoms with E-state index in [1.165, 1.54) is 5.57 Å². The van der Waals surface area contributed by atoms with Crippen LogP contribution in [0.15, 0.2) is 22.6 Å². The van der Waals surface area contributed by atoms with Gasteiger partial charge in [0.15, 0.2) is 24.2 Å². The predicted molar refractivity (Wildman–Crippen MR) is 237 cm³/mol. The summed E-state index contributed by atoms with van der Waals surface area (Å²) >= 11 is 2.64. The van der Waals surface area contributed by atoms with Crippen LogP contribution in [0.2, 0.25) is 36.3 Å². The van der Waals surface area contributed by atoms with Crippen molar-refractivity contribution in [1.29, 1.82) is 2.61 Å². The molecule has 0 spiro atoms. The van der Waals surface area contributed by atoms with E-state index in [0.717, 1.165) is 60.7 Å². The van der Waals surface area contributed by atoms with Crippen LogP contribution in [0, 0.1) is 30.1 Å². The Morgan fingerprint density at radius 1 is 1.08 bits per heavy atom. The molecule has 0 fully saturated rings. The molecule has 297 valence electrons. The van der Waals surface area contributed by atoms with Crippen LogP contribution in [-0.4, -0.2) is 61.3 Å². The molecule has 0 N–H and O–H groups in total. The molecule has 0 aliphatic rings. The quantitative estimate of drug-likeness (QED) is 0.0499. The van der Waals surface area contributed by atoms with Gasteiger partial charge in [-0.25, -0.2) is 4.98 Å². The van der Waals surface area contributed by atoms with E-state index in [1.54, 1.807) is 11.3 Å². The highest BCUT2D eigenvalue weighted by molar-refractivity contribution is 8.58. The predicted octanol–water partition coefficient (Wildman–Crippen LogP) is 12.2. The third-order valence-electron chi connectivity index (χ3n) is 11.6. The molecular weight excluding hydrogens is 737 g/mol. The summed E-state index contributed by atoms with van der Waals surface area (Å²) in [4.78, 5) is 31.2. The second-order valence-electron chi connectivity index (χ2n) is 18.7. The van der Waals surface area contributed by atoms with Crippen LogP contribution < -0.4 is 0 Å². The van der Waals surface area contributed by atoms with Crippen LogP contribution in [-0.2, 0) is 23.0 Å². The number of aryl methyl sites for hydroxylation is 1. The molecule has 52 heavy (non-hydrogen) atoms. The lowest BCUT2D eigenvalue weighted by Crippen LogP contribution is -2.54. The maximum absolute atomic E-state index is 14.6. The Morgan fingerprint density at radius 3 is 2.12 bits per heavy atom. The standard InChI is InChI=1S/C40H74BNO5PS2Si2/c1-27(24-29(3)36(50-48(41)45)30(4)25-33-26-49-32(6)42-33)20-19-21-28(2)35(47-52(17,18)39(10,11)12)31(5)37(44)40(13,14)34(22-23-43)46-51(15,16)38(7,8)9/h23-26,28-29,31,34-36,41,48H,19-22H2,1-18H3/b27-24-,30-25+/t28-,29-,31+,34-,35-,36?/m0/s1/i41T,48D. The fourth-order valence-corrected chi connectivity index (χ4v) is 12.2. The van der Waals surface area contributed by atoms with Crippen LogP contribution in [0.5, 0.6) is 0 Å². The highest BCUT2D eigenvalue weighted by atomic mass is 32.7. The van der Waals surface area contributed by atoms with E-state index in [9.17, 15) is 14.2 Å². The molecule has 12 heteroatoms. The van der Waals surface area contributed by atoms with Crippen molar-refractivity contribution in [3.8, 4) is 0 Å². The lowest BCUT2D eigenvalue weighted by Gasteiger charge is -2.46. The summed E-state index contributed by atoms with van der Waals surface area (Å²) in [6.07, 6.45) is 7.09. The topological polar surface area (TPSA) is 82.6 Å². The van der Waals surface area contributed by atoms with Gasteiger partial charge in [0.05, 0.1) is 31.0 Å². The molecule has 0 bridgehead atoms. The number of thiazole rings is 1. The Kier molecular flexibility index (Phi) is 17.7. The molecule has 0 saturated carbocycles. The number of hydrogen-bond acceptors (Lipinski definition) is 8. The molecule has 7 atom stereocenters. The minimum Gasteiger partial charge on any atom is -0.413 e. The number of hydrogen-bond donors (Lipinski definition) is 0. The average Bonchev–Trinajstić information content (AvgIpc) is 3.44. The van der Waals surface area contributed by atoms with Crippen molar-refractivity contribution in [2.24, 2.45) is 23.2 Å². The molecular formula is C40H74BNO5PS2Si2. The first-order chi connectivity index (χ1) is 24.3. The molecule has 0 aromatic carbocycles. The third kappa shape index (κ3) is 14.5. The fraction of sp³-hybridized carbons (Fsp3) is 0.775. The van der Waals surface area contributed by atoms with Crippen molar-refractivity contribution in [3.63, 3.8) is 0 Å². The summed E-state index contributed by atoms with van der Waals surface area (Å²) < 4.78 is 42.6. The minimum absolute atomic E-state index is 0.0237. The molecule has 1 rings (SSSR count). The maximum Gasteiger partial charge on any atom is 0.192 e. The van der Waals surface area contributed by atoms with Gasteiger partial charge in [0.1, 0.15) is 12.1 Å². The number of allylic oxidation sites excluding steroid dienone is 2. The summed E-state index contributed by atoms with van der Waals surface area (Å²) in [6, 6.07) is 0. The Bertz CT molecular complexity index is 1510. The average molecular weight is 814 g/mol. The van der Waals surface area contributed by atoms with E-state index >= 15 is 0 Å². The SMILES string of the molecule is [2H]P(=O)([B][3H])SC(/C(C)=C/c1csc(C)n1)[C@@H](C)/C=C(/C)CCC[C@H](C)[C@H](O[Si](C)(C)C(C)(C)C)[C@@H](C)C(=O)C(C)(C)[C@H](CC=O)O[Si](C)(C)C(C)(C)C. The van der Waals surface area contributed by atoms with Crippen molar-refractivity contribution in [3.05, 3.63) is 33.3 Å². The van der Waals surface area contributed by atoms with Crippen LogP contribution >= 0.6 is 29.5 Å². The first-order valence-corrected chi connectivity index (χ1v) is 28.5. The fourth-order valence-electron chi connectivity index (χ4n) is 6.19. The highest BCUT2D eigenvalue weighted by Crippen LogP contribution is 2.45. The number of nitrogens with zero attached hydrogens (tertiary/aromatic N) is 1. The Balaban J connectivity index is 3.35. The van der Waals surface area contributed by atoms with Gasteiger partial charge in [-0.3, -0.25) is 4.79 Å². The Morgan fingerprint density at radius 2 is 1.63 bits per heavy atom. The van der Waals surface area contributed by atoms with E-state index < -0.39 is 40.9 Å². The summed E-state index contributed by atoms with van der Waals surface area (Å²) in [7, 11) is -3.77.